The fraction of sp³-hybridized carbons (Fsp3) is 0.280. The molecule has 7 aliphatic heterocycles. The lowest BCUT2D eigenvalue weighted by Gasteiger charge is -2.18. The zero-order valence-electron chi connectivity index (χ0n) is 39.7. The van der Waals surface area contributed by atoms with Crippen molar-refractivity contribution in [1.29, 1.82) is 15.8 Å². The van der Waals surface area contributed by atoms with Gasteiger partial charge in [-0.2, -0.15) is 15.8 Å². The Balaban J connectivity index is 0.000000163. The minimum absolute atomic E-state index is 0.000622. The van der Waals surface area contributed by atoms with Crippen LogP contribution in [0, 0.1) is 71.8 Å². The second kappa shape index (κ2) is 19.1. The number of hydrogen-bond acceptors (Lipinski definition) is 24. The van der Waals surface area contributed by atoms with E-state index in [0.29, 0.717) is 77.6 Å². The second-order valence-corrected chi connectivity index (χ2v) is 22.5. The summed E-state index contributed by atoms with van der Waals surface area (Å²) in [5.74, 6) is 6.86. The van der Waals surface area contributed by atoms with Crippen molar-refractivity contribution in [2.24, 2.45) is 0 Å². The molecule has 0 amide bonds. The number of rotatable bonds is 0. The molecule has 0 fully saturated rings. The first kappa shape index (κ1) is 47.9. The van der Waals surface area contributed by atoms with Crippen LogP contribution < -0.4 is 37.5 Å². The van der Waals surface area contributed by atoms with E-state index in [2.05, 4.69) is 58.3 Å². The maximum Gasteiger partial charge on any atom is 0.307 e. The lowest BCUT2D eigenvalue weighted by atomic mass is 10.1. The molecule has 13 heterocycles. The Morgan fingerprint density at radius 2 is 0.675 bits per heavy atom. The smallest absolute Gasteiger partial charge is 0.307 e. The number of thioether (sulfide) groups is 2. The van der Waals surface area contributed by atoms with Crippen LogP contribution in [0.3, 0.4) is 0 Å². The molecule has 0 N–H and O–H groups in total. The zero-order valence-corrected chi connectivity index (χ0v) is 43.8. The second-order valence-electron chi connectivity index (χ2n) is 16.8. The standard InChI is InChI=1S/C32H28O10S5.C18N12/c1-13-15-17(35-5-3-33-15)25(43-13)27-19-21(39-9-7-37-19)29(45-27)31-23-24(42-12-11-41-23)32(47-31)30-22-20(38-8-10-40-22)28(46-30)26-18-16(14(2)44-26)34-4-6-36-18;1-22-16-9(6-21)27-12-10-11(26-8(5-20)7(4-19)25-10)14-15(13(12)28-16)30-18(24-3)17(23-2)29-14/h13-14H,3-12H2,1-2H3;/b27-25+,28-26+,31-29+,32-30+;. The highest BCUT2D eigenvalue weighted by Gasteiger charge is 2.38. The van der Waals surface area contributed by atoms with Crippen molar-refractivity contribution >= 4 is 118 Å². The third kappa shape index (κ3) is 7.57. The van der Waals surface area contributed by atoms with Gasteiger partial charge in [0.2, 0.25) is 11.0 Å². The lowest BCUT2D eigenvalue weighted by Crippen LogP contribution is -2.19. The molecular weight excluding hydrogens is 1090 g/mol. The molecule has 0 saturated heterocycles. The summed E-state index contributed by atoms with van der Waals surface area (Å²) in [6.45, 7) is 30.9. The highest BCUT2D eigenvalue weighted by atomic mass is 32.2. The van der Waals surface area contributed by atoms with Gasteiger partial charge in [0, 0.05) is 0 Å². The van der Waals surface area contributed by atoms with Gasteiger partial charge in [-0.1, -0.05) is 19.7 Å². The van der Waals surface area contributed by atoms with Crippen LogP contribution in [-0.4, -0.2) is 106 Å². The van der Waals surface area contributed by atoms with Crippen LogP contribution in [0.15, 0.2) is 23.0 Å². The minimum Gasteiger partial charge on any atom is -0.489 e. The molecule has 14 rings (SSSR count). The van der Waals surface area contributed by atoms with Crippen LogP contribution in [0.5, 0.6) is 34.5 Å². The molecule has 22 nitrogen and oxygen atoms in total. The Labute approximate surface area is 453 Å². The first-order chi connectivity index (χ1) is 37.7. The average Bonchev–Trinajstić information content (AvgIpc) is 4.33. The number of aromatic nitrogens is 6. The van der Waals surface area contributed by atoms with Crippen LogP contribution in [0.1, 0.15) is 30.9 Å². The number of benzene rings is 1. The van der Waals surface area contributed by atoms with Crippen molar-refractivity contribution in [3.05, 3.63) is 102 Å². The van der Waals surface area contributed by atoms with Gasteiger partial charge in [0.05, 0.1) is 47.5 Å². The normalized spacial score (nSPS) is 20.8. The molecule has 0 saturated carbocycles. The third-order valence-electron chi connectivity index (χ3n) is 12.3. The van der Waals surface area contributed by atoms with Gasteiger partial charge in [0.15, 0.2) is 74.6 Å². The molecule has 378 valence electrons. The summed E-state index contributed by atoms with van der Waals surface area (Å²) in [4.78, 5) is 36.4. The number of hydrogen-bond donors (Lipinski definition) is 0. The van der Waals surface area contributed by atoms with E-state index in [1.54, 1.807) is 75.7 Å². The van der Waals surface area contributed by atoms with Gasteiger partial charge < -0.3 is 61.9 Å². The molecular formula is C50H28N12O10S5. The summed E-state index contributed by atoms with van der Waals surface area (Å²) < 4.78 is 68.1. The van der Waals surface area contributed by atoms with Crippen molar-refractivity contribution < 1.29 is 47.4 Å². The Morgan fingerprint density at radius 3 is 1.03 bits per heavy atom. The number of ether oxygens (including phenoxy) is 10. The molecule has 0 aliphatic carbocycles. The van der Waals surface area contributed by atoms with Crippen molar-refractivity contribution in [3.63, 3.8) is 0 Å². The molecule has 2 atom stereocenters. The Bertz CT molecular complexity index is 4020. The Morgan fingerprint density at radius 1 is 0.390 bits per heavy atom. The van der Waals surface area contributed by atoms with E-state index in [-0.39, 0.29) is 78.1 Å². The van der Waals surface area contributed by atoms with E-state index < -0.39 is 0 Å². The first-order valence-electron chi connectivity index (χ1n) is 23.2. The predicted molar refractivity (Wildman–Crippen MR) is 278 cm³/mol. The summed E-state index contributed by atoms with van der Waals surface area (Å²) in [5, 5.41) is 28.2. The summed E-state index contributed by atoms with van der Waals surface area (Å²) in [6.07, 6.45) is 0. The molecule has 7 aliphatic rings. The molecule has 7 aromatic rings. The molecule has 77 heavy (non-hydrogen) atoms. The summed E-state index contributed by atoms with van der Waals surface area (Å²) in [7, 11) is 0. The highest BCUT2D eigenvalue weighted by Crippen LogP contribution is 2.50. The van der Waals surface area contributed by atoms with Crippen LogP contribution in [0.4, 0.5) is 17.5 Å². The molecule has 27 heteroatoms. The van der Waals surface area contributed by atoms with Gasteiger partial charge in [-0.3, -0.25) is 0 Å². The quantitative estimate of drug-likeness (QED) is 0.105. The average molecular weight is 1120 g/mol. The number of thiophene rings is 3. The fourth-order valence-corrected chi connectivity index (χ4v) is 15.6. The third-order valence-corrected chi connectivity index (χ3v) is 18.8. The van der Waals surface area contributed by atoms with E-state index in [1.807, 2.05) is 0 Å². The zero-order chi connectivity index (χ0) is 52.6. The minimum atomic E-state index is -0.298. The van der Waals surface area contributed by atoms with Crippen LogP contribution in [0.25, 0.3) is 57.4 Å². The number of fused-ring (bicyclic) bond motifs is 9. The molecule has 6 aromatic heterocycles. The highest BCUT2D eigenvalue weighted by molar-refractivity contribution is 8.09. The van der Waals surface area contributed by atoms with E-state index in [1.165, 1.54) is 0 Å². The SMILES string of the molecule is CC1S/C(=c2/s/c(=c3/s/c(=c4/s/c(=C5/SC(C)C6=C5OCCO6)c5c4OCCO5)c4c3OCCO4)c3c2OCCO3)C2=C1OCCO2.[C-]#[N+]c1nc2c(nc1C#N)c1nc(C#N)c(C#N)nc1c1nc([N+]#[C-])c([N+]#[C-])nc21. The molecule has 2 unspecified atom stereocenters. The topological polar surface area (TPSA) is 254 Å². The number of nitrogens with zero attached hydrogens (tertiary/aromatic N) is 12. The largest absolute Gasteiger partial charge is 0.489 e. The Kier molecular flexibility index (Phi) is 11.9. The number of nitriles is 3. The van der Waals surface area contributed by atoms with E-state index in [0.717, 1.165) is 83.0 Å². The molecule has 1 aromatic carbocycles. The summed E-state index contributed by atoms with van der Waals surface area (Å²) in [5.41, 5.74) is -0.854. The maximum absolute atomic E-state index is 9.30. The molecule has 0 bridgehead atoms. The summed E-state index contributed by atoms with van der Waals surface area (Å²) in [6, 6.07) is 5.29. The summed E-state index contributed by atoms with van der Waals surface area (Å²) >= 11 is 8.35. The van der Waals surface area contributed by atoms with Crippen LogP contribution in [0.2, 0.25) is 0 Å². The van der Waals surface area contributed by atoms with Gasteiger partial charge in [0.1, 0.15) is 101 Å². The van der Waals surface area contributed by atoms with E-state index in [4.69, 9.17) is 67.1 Å². The first-order valence-corrected chi connectivity index (χ1v) is 27.4. The van der Waals surface area contributed by atoms with Crippen molar-refractivity contribution in [2.45, 2.75) is 24.3 Å². The van der Waals surface area contributed by atoms with Crippen LogP contribution in [-0.2, 0) is 18.9 Å². The van der Waals surface area contributed by atoms with Gasteiger partial charge in [0.25, 0.3) is 17.2 Å². The van der Waals surface area contributed by atoms with Gasteiger partial charge in [-0.05, 0) is 13.8 Å². The van der Waals surface area contributed by atoms with E-state index in [9.17, 15) is 15.8 Å². The fourth-order valence-electron chi connectivity index (χ4n) is 9.18. The van der Waals surface area contributed by atoms with Gasteiger partial charge in [-0.15, -0.1) is 72.5 Å². The monoisotopic (exact) mass is 1120 g/mol. The lowest BCUT2D eigenvalue weighted by molar-refractivity contribution is 0.0714. The van der Waals surface area contributed by atoms with Crippen molar-refractivity contribution in [3.8, 4) is 52.7 Å². The molecule has 0 spiro atoms. The van der Waals surface area contributed by atoms with Crippen LogP contribution >= 0.6 is 57.5 Å². The van der Waals surface area contributed by atoms with Gasteiger partial charge >= 0.3 is 5.82 Å². The van der Waals surface area contributed by atoms with Crippen molar-refractivity contribution in [1.82, 2.24) is 29.9 Å². The maximum atomic E-state index is 9.30. The van der Waals surface area contributed by atoms with E-state index >= 15 is 0 Å². The van der Waals surface area contributed by atoms with Gasteiger partial charge in [-0.25, -0.2) is 15.0 Å². The van der Waals surface area contributed by atoms with Crippen molar-refractivity contribution in [2.75, 3.05) is 66.1 Å². The molecule has 0 radical (unpaired) electrons. The predicted octanol–water partition coefficient (Wildman–Crippen LogP) is 7.55. The Hall–Kier alpha value is -8.80.